The van der Waals surface area contributed by atoms with E-state index in [4.69, 9.17) is 32.2 Å². The van der Waals surface area contributed by atoms with Gasteiger partial charge in [-0.05, 0) is 31.2 Å². The van der Waals surface area contributed by atoms with Crippen molar-refractivity contribution in [3.05, 3.63) is 47.5 Å². The second-order valence-electron chi connectivity index (χ2n) is 4.48. The fourth-order valence-corrected chi connectivity index (χ4v) is 2.15. The predicted molar refractivity (Wildman–Crippen MR) is 79.7 cm³/mol. The lowest BCUT2D eigenvalue weighted by Crippen LogP contribution is -2.11. The molecule has 1 heterocycles. The maximum atomic E-state index is 5.85. The van der Waals surface area contributed by atoms with Crippen LogP contribution in [0, 0.1) is 6.92 Å². The molecule has 0 aliphatic carbocycles. The third-order valence-electron chi connectivity index (χ3n) is 2.97. The maximum absolute atomic E-state index is 5.85. The van der Waals surface area contributed by atoms with Crippen LogP contribution in [-0.4, -0.2) is 11.8 Å². The number of nitrogens with two attached hydrogens (primary N) is 1. The smallest absolute Gasteiger partial charge is 0.231 e. The van der Waals surface area contributed by atoms with Crippen molar-refractivity contribution in [2.75, 3.05) is 6.79 Å². The van der Waals surface area contributed by atoms with Crippen molar-refractivity contribution in [3.8, 4) is 23.0 Å². The van der Waals surface area contributed by atoms with Gasteiger partial charge in [0.05, 0.1) is 5.56 Å². The molecule has 0 bridgehead atoms. The topological polar surface area (TPSA) is 53.7 Å². The van der Waals surface area contributed by atoms with E-state index in [0.717, 1.165) is 16.9 Å². The molecule has 5 heteroatoms. The first-order valence-electron chi connectivity index (χ1n) is 6.11. The number of thiocarbonyl (C=S) groups is 1. The summed E-state index contributed by atoms with van der Waals surface area (Å²) in [4.78, 5) is 0.310. The van der Waals surface area contributed by atoms with Crippen molar-refractivity contribution >= 4 is 17.2 Å². The molecule has 0 saturated carbocycles. The average Bonchev–Trinajstić information content (AvgIpc) is 2.88. The fraction of sp³-hybridized carbons (Fsp3) is 0.133. The molecule has 0 spiro atoms. The molecule has 4 nitrogen and oxygen atoms in total. The summed E-state index contributed by atoms with van der Waals surface area (Å²) >= 11 is 5.06. The van der Waals surface area contributed by atoms with Crippen molar-refractivity contribution in [2.24, 2.45) is 5.73 Å². The second kappa shape index (κ2) is 5.02. The van der Waals surface area contributed by atoms with Crippen LogP contribution in [0.5, 0.6) is 23.0 Å². The largest absolute Gasteiger partial charge is 0.456 e. The standard InChI is InChI=1S/C15H13NO3S/c1-9-2-4-12(11(6-9)15(16)20)19-10-3-5-13-14(7-10)18-8-17-13/h2-7H,8H2,1H3,(H2,16,20). The Balaban J connectivity index is 1.93. The Bertz CT molecular complexity index is 685. The summed E-state index contributed by atoms with van der Waals surface area (Å²) in [6.07, 6.45) is 0. The van der Waals surface area contributed by atoms with Crippen molar-refractivity contribution in [1.29, 1.82) is 0 Å². The van der Waals surface area contributed by atoms with Crippen molar-refractivity contribution in [2.45, 2.75) is 6.92 Å². The lowest BCUT2D eigenvalue weighted by atomic mass is 10.1. The van der Waals surface area contributed by atoms with Crippen LogP contribution in [-0.2, 0) is 0 Å². The van der Waals surface area contributed by atoms with Crippen molar-refractivity contribution in [1.82, 2.24) is 0 Å². The summed E-state index contributed by atoms with van der Waals surface area (Å²) in [5.41, 5.74) is 7.53. The van der Waals surface area contributed by atoms with Gasteiger partial charge in [-0.2, -0.15) is 0 Å². The molecule has 0 aromatic heterocycles. The van der Waals surface area contributed by atoms with E-state index >= 15 is 0 Å². The van der Waals surface area contributed by atoms with Gasteiger partial charge in [0, 0.05) is 6.07 Å². The van der Waals surface area contributed by atoms with Crippen LogP contribution in [0.3, 0.4) is 0 Å². The lowest BCUT2D eigenvalue weighted by Gasteiger charge is -2.11. The molecule has 1 aliphatic heterocycles. The zero-order chi connectivity index (χ0) is 14.1. The molecule has 20 heavy (non-hydrogen) atoms. The predicted octanol–water partition coefficient (Wildman–Crippen LogP) is 3.15. The lowest BCUT2D eigenvalue weighted by molar-refractivity contribution is 0.174. The summed E-state index contributed by atoms with van der Waals surface area (Å²) < 4.78 is 16.4. The van der Waals surface area contributed by atoms with Crippen LogP contribution >= 0.6 is 12.2 Å². The fourth-order valence-electron chi connectivity index (χ4n) is 1.99. The van der Waals surface area contributed by atoms with Crippen LogP contribution in [0.15, 0.2) is 36.4 Å². The van der Waals surface area contributed by atoms with Gasteiger partial charge in [0.25, 0.3) is 0 Å². The molecule has 0 atom stereocenters. The van der Waals surface area contributed by atoms with Crippen molar-refractivity contribution in [3.63, 3.8) is 0 Å². The summed E-state index contributed by atoms with van der Waals surface area (Å²) in [7, 11) is 0. The minimum absolute atomic E-state index is 0.238. The molecule has 2 aromatic rings. The third-order valence-corrected chi connectivity index (χ3v) is 3.19. The summed E-state index contributed by atoms with van der Waals surface area (Å²) in [5.74, 6) is 2.67. The molecule has 0 radical (unpaired) electrons. The van der Waals surface area contributed by atoms with Gasteiger partial charge in [0.2, 0.25) is 6.79 Å². The molecule has 3 rings (SSSR count). The molecule has 0 amide bonds. The van der Waals surface area contributed by atoms with Gasteiger partial charge < -0.3 is 19.9 Å². The molecule has 2 aromatic carbocycles. The number of hydrogen-bond acceptors (Lipinski definition) is 4. The molecule has 0 unspecified atom stereocenters. The Morgan fingerprint density at radius 2 is 1.95 bits per heavy atom. The zero-order valence-electron chi connectivity index (χ0n) is 10.9. The zero-order valence-corrected chi connectivity index (χ0v) is 11.7. The van der Waals surface area contributed by atoms with Gasteiger partial charge in [0.1, 0.15) is 16.5 Å². The number of ether oxygens (including phenoxy) is 3. The first kappa shape index (κ1) is 12.7. The summed E-state index contributed by atoms with van der Waals surface area (Å²) in [6.45, 7) is 2.22. The highest BCUT2D eigenvalue weighted by atomic mass is 32.1. The van der Waals surface area contributed by atoms with E-state index < -0.39 is 0 Å². The van der Waals surface area contributed by atoms with Crippen LogP contribution in [0.2, 0.25) is 0 Å². The molecule has 1 aliphatic rings. The minimum atomic E-state index is 0.238. The highest BCUT2D eigenvalue weighted by Gasteiger charge is 2.15. The van der Waals surface area contributed by atoms with Crippen LogP contribution in [0.4, 0.5) is 0 Å². The Morgan fingerprint density at radius 3 is 2.75 bits per heavy atom. The number of fused-ring (bicyclic) bond motifs is 1. The molecule has 0 saturated heterocycles. The van der Waals surface area contributed by atoms with Gasteiger partial charge in [-0.15, -0.1) is 0 Å². The van der Waals surface area contributed by atoms with E-state index in [-0.39, 0.29) is 6.79 Å². The number of hydrogen-bond donors (Lipinski definition) is 1. The van der Waals surface area contributed by atoms with E-state index in [2.05, 4.69) is 0 Å². The van der Waals surface area contributed by atoms with Gasteiger partial charge >= 0.3 is 0 Å². The van der Waals surface area contributed by atoms with Crippen LogP contribution < -0.4 is 19.9 Å². The van der Waals surface area contributed by atoms with Crippen LogP contribution in [0.25, 0.3) is 0 Å². The summed E-state index contributed by atoms with van der Waals surface area (Å²) in [5, 5.41) is 0. The maximum Gasteiger partial charge on any atom is 0.231 e. The van der Waals surface area contributed by atoms with Gasteiger partial charge in [0.15, 0.2) is 11.5 Å². The molecule has 2 N–H and O–H groups in total. The second-order valence-corrected chi connectivity index (χ2v) is 4.92. The Morgan fingerprint density at radius 1 is 1.15 bits per heavy atom. The highest BCUT2D eigenvalue weighted by molar-refractivity contribution is 7.80. The summed E-state index contributed by atoms with van der Waals surface area (Å²) in [6, 6.07) is 11.1. The van der Waals surface area contributed by atoms with Crippen LogP contribution in [0.1, 0.15) is 11.1 Å². The molecule has 102 valence electrons. The number of rotatable bonds is 3. The third kappa shape index (κ3) is 2.40. The average molecular weight is 287 g/mol. The van der Waals surface area contributed by atoms with Crippen molar-refractivity contribution < 1.29 is 14.2 Å². The van der Waals surface area contributed by atoms with E-state index in [1.807, 2.05) is 37.3 Å². The molecular formula is C15H13NO3S. The van der Waals surface area contributed by atoms with E-state index in [1.165, 1.54) is 0 Å². The minimum Gasteiger partial charge on any atom is -0.456 e. The first-order valence-corrected chi connectivity index (χ1v) is 6.52. The van der Waals surface area contributed by atoms with Gasteiger partial charge in [-0.1, -0.05) is 23.8 Å². The highest BCUT2D eigenvalue weighted by Crippen LogP contribution is 2.37. The van der Waals surface area contributed by atoms with E-state index in [1.54, 1.807) is 6.07 Å². The van der Waals surface area contributed by atoms with Gasteiger partial charge in [-0.3, -0.25) is 0 Å². The monoisotopic (exact) mass is 287 g/mol. The Hall–Kier alpha value is -2.27. The molecular weight excluding hydrogens is 274 g/mol. The Kier molecular flexibility index (Phi) is 3.20. The first-order chi connectivity index (χ1) is 9.63. The van der Waals surface area contributed by atoms with E-state index in [0.29, 0.717) is 22.2 Å². The molecule has 0 fully saturated rings. The Labute approximate surface area is 122 Å². The normalized spacial score (nSPS) is 12.2. The SMILES string of the molecule is Cc1ccc(Oc2ccc3c(c2)OCO3)c(C(N)=S)c1. The van der Waals surface area contributed by atoms with Gasteiger partial charge in [-0.25, -0.2) is 0 Å². The number of benzene rings is 2. The quantitative estimate of drug-likeness (QED) is 0.879. The number of aryl methyl sites for hydroxylation is 1. The van der Waals surface area contributed by atoms with E-state index in [9.17, 15) is 0 Å².